The molecule has 0 spiro atoms. The van der Waals surface area contributed by atoms with E-state index in [-0.39, 0.29) is 24.8 Å². The number of amides is 2. The van der Waals surface area contributed by atoms with Crippen molar-refractivity contribution in [2.45, 2.75) is 45.2 Å². The smallest absolute Gasteiger partial charge is 0.329 e. The molecule has 0 unspecified atom stereocenters. The van der Waals surface area contributed by atoms with Crippen molar-refractivity contribution < 1.29 is 33.8 Å². The van der Waals surface area contributed by atoms with Gasteiger partial charge in [-0.1, -0.05) is 38.1 Å². The maximum Gasteiger partial charge on any atom is 0.329 e. The number of hydrogen-bond acceptors (Lipinski definition) is 8. The van der Waals surface area contributed by atoms with Crippen LogP contribution in [-0.4, -0.2) is 56.0 Å². The number of rotatable bonds is 11. The van der Waals surface area contributed by atoms with Crippen molar-refractivity contribution in [2.75, 3.05) is 5.32 Å². The van der Waals surface area contributed by atoms with Crippen LogP contribution >= 0.6 is 0 Å². The maximum absolute atomic E-state index is 12.9. The van der Waals surface area contributed by atoms with Gasteiger partial charge in [0.25, 0.3) is 11.9 Å². The number of para-hydroxylation sites is 1. The number of nitrogens with one attached hydrogen (secondary N) is 2. The van der Waals surface area contributed by atoms with E-state index in [4.69, 9.17) is 15.3 Å². The molecule has 3 rings (SSSR count). The van der Waals surface area contributed by atoms with Gasteiger partial charge in [0.05, 0.1) is 18.9 Å². The molecule has 0 aliphatic rings. The second-order valence-corrected chi connectivity index (χ2v) is 8.92. The van der Waals surface area contributed by atoms with Gasteiger partial charge in [0, 0.05) is 5.69 Å². The molecule has 3 aromatic rings. The monoisotopic (exact) mass is 511 g/mol. The number of fused-ring (bicyclic) bond motifs is 1. The number of hydrogen-bond donors (Lipinski definition) is 5. The molecule has 0 radical (unpaired) electrons. The minimum absolute atomic E-state index is 0.00848. The van der Waals surface area contributed by atoms with Crippen molar-refractivity contribution in [1.82, 2.24) is 15.4 Å². The van der Waals surface area contributed by atoms with Gasteiger partial charge in [0.15, 0.2) is 11.6 Å². The van der Waals surface area contributed by atoms with Gasteiger partial charge in [0.1, 0.15) is 5.52 Å². The lowest BCUT2D eigenvalue weighted by Gasteiger charge is -2.31. The van der Waals surface area contributed by atoms with Crippen LogP contribution in [0.15, 0.2) is 52.9 Å². The van der Waals surface area contributed by atoms with Gasteiger partial charge >= 0.3 is 11.9 Å². The molecule has 12 heteroatoms. The molecule has 196 valence electrons. The Hall–Kier alpha value is -4.45. The van der Waals surface area contributed by atoms with Crippen LogP contribution in [0.3, 0.4) is 0 Å². The number of hydrazine groups is 1. The first-order chi connectivity index (χ1) is 17.5. The van der Waals surface area contributed by atoms with Crippen LogP contribution in [0.1, 0.15) is 32.3 Å². The van der Waals surface area contributed by atoms with E-state index in [1.807, 2.05) is 44.2 Å². The number of oxazole rings is 1. The van der Waals surface area contributed by atoms with Crippen molar-refractivity contribution in [3.63, 3.8) is 0 Å². The molecule has 0 aliphatic heterocycles. The fourth-order valence-electron chi connectivity index (χ4n) is 3.67. The van der Waals surface area contributed by atoms with E-state index in [0.29, 0.717) is 21.7 Å². The van der Waals surface area contributed by atoms with E-state index in [0.717, 1.165) is 5.69 Å². The summed E-state index contributed by atoms with van der Waals surface area (Å²) in [5, 5.41) is 22.3. The van der Waals surface area contributed by atoms with Gasteiger partial charge in [0.2, 0.25) is 5.91 Å². The SMILES string of the molecule is CC(C)C[C@H](N)C(=O)N(NC(=O)Cc1ccc2nc(Nc3ccccc3)oc2c1)[C@@H](CC(=O)O)C(=O)O. The van der Waals surface area contributed by atoms with Gasteiger partial charge in [-0.05, 0) is 42.2 Å². The van der Waals surface area contributed by atoms with Crippen molar-refractivity contribution >= 4 is 46.6 Å². The number of aliphatic carboxylic acids is 2. The Bertz CT molecular complexity index is 1270. The molecule has 0 fully saturated rings. The molecule has 2 atom stereocenters. The Morgan fingerprint density at radius 2 is 1.78 bits per heavy atom. The molecule has 0 aliphatic carbocycles. The van der Waals surface area contributed by atoms with Crippen molar-refractivity contribution in [2.24, 2.45) is 11.7 Å². The normalized spacial score (nSPS) is 12.6. The fraction of sp³-hybridized carbons (Fsp3) is 0.320. The van der Waals surface area contributed by atoms with Gasteiger partial charge < -0.3 is 25.7 Å². The average Bonchev–Trinajstić information content (AvgIpc) is 3.22. The Labute approximate surface area is 212 Å². The first kappa shape index (κ1) is 27.1. The molecule has 1 heterocycles. The first-order valence-corrected chi connectivity index (χ1v) is 11.6. The van der Waals surface area contributed by atoms with Gasteiger partial charge in [-0.25, -0.2) is 9.80 Å². The summed E-state index contributed by atoms with van der Waals surface area (Å²) < 4.78 is 5.72. The van der Waals surface area contributed by atoms with E-state index in [9.17, 15) is 24.3 Å². The predicted octanol–water partition coefficient (Wildman–Crippen LogP) is 2.27. The van der Waals surface area contributed by atoms with Crippen LogP contribution < -0.4 is 16.5 Å². The van der Waals surface area contributed by atoms with Crippen LogP contribution in [0.2, 0.25) is 0 Å². The molecule has 6 N–H and O–H groups in total. The second kappa shape index (κ2) is 12.0. The lowest BCUT2D eigenvalue weighted by Crippen LogP contribution is -2.60. The van der Waals surface area contributed by atoms with Crippen LogP contribution in [0, 0.1) is 5.92 Å². The van der Waals surface area contributed by atoms with E-state index in [2.05, 4.69) is 15.7 Å². The van der Waals surface area contributed by atoms with E-state index >= 15 is 0 Å². The predicted molar refractivity (Wildman–Crippen MR) is 134 cm³/mol. The van der Waals surface area contributed by atoms with Crippen molar-refractivity contribution in [3.05, 3.63) is 54.1 Å². The molecule has 37 heavy (non-hydrogen) atoms. The minimum atomic E-state index is -1.84. The van der Waals surface area contributed by atoms with Crippen LogP contribution in [-0.2, 0) is 25.6 Å². The standard InChI is InChI=1S/C25H29N5O7/c1-14(2)10-17(26)23(34)30(19(24(35)36)13-22(32)33)29-21(31)12-15-8-9-18-20(11-15)37-25(28-18)27-16-6-4-3-5-7-16/h3-9,11,14,17,19H,10,12-13,26H2,1-2H3,(H,27,28)(H,29,31)(H,32,33)(H,35,36)/t17-,19-/m0/s1. The number of carboxylic acid groups (broad SMARTS) is 2. The second-order valence-electron chi connectivity index (χ2n) is 8.92. The largest absolute Gasteiger partial charge is 0.481 e. The summed E-state index contributed by atoms with van der Waals surface area (Å²) in [4.78, 5) is 53.1. The molecule has 2 aromatic carbocycles. The molecule has 1 aromatic heterocycles. The van der Waals surface area contributed by atoms with Crippen LogP contribution in [0.5, 0.6) is 0 Å². The van der Waals surface area contributed by atoms with Crippen LogP contribution in [0.4, 0.5) is 11.7 Å². The number of nitrogens with zero attached hydrogens (tertiary/aromatic N) is 2. The van der Waals surface area contributed by atoms with Crippen LogP contribution in [0.25, 0.3) is 11.1 Å². The van der Waals surface area contributed by atoms with E-state index < -0.39 is 42.3 Å². The zero-order chi connectivity index (χ0) is 27.1. The summed E-state index contributed by atoms with van der Waals surface area (Å²) >= 11 is 0. The minimum Gasteiger partial charge on any atom is -0.481 e. The number of aromatic nitrogens is 1. The van der Waals surface area contributed by atoms with Gasteiger partial charge in [-0.2, -0.15) is 4.98 Å². The highest BCUT2D eigenvalue weighted by Gasteiger charge is 2.35. The summed E-state index contributed by atoms with van der Waals surface area (Å²) in [7, 11) is 0. The third-order valence-electron chi connectivity index (χ3n) is 5.33. The third kappa shape index (κ3) is 7.51. The first-order valence-electron chi connectivity index (χ1n) is 11.6. The highest BCUT2D eigenvalue weighted by Crippen LogP contribution is 2.23. The molecular formula is C25H29N5O7. The number of nitrogens with two attached hydrogens (primary N) is 1. The molecule has 2 amide bonds. The summed E-state index contributed by atoms with van der Waals surface area (Å²) in [5.41, 5.74) is 10.4. The summed E-state index contributed by atoms with van der Waals surface area (Å²) in [6.07, 6.45) is -0.955. The highest BCUT2D eigenvalue weighted by atomic mass is 16.4. The Balaban J connectivity index is 1.77. The highest BCUT2D eigenvalue weighted by molar-refractivity contribution is 5.91. The number of anilines is 2. The van der Waals surface area contributed by atoms with Gasteiger partial charge in [-0.3, -0.25) is 19.8 Å². The Morgan fingerprint density at radius 1 is 1.08 bits per heavy atom. The third-order valence-corrected chi connectivity index (χ3v) is 5.33. The number of carboxylic acids is 2. The summed E-state index contributed by atoms with van der Waals surface area (Å²) in [6, 6.07) is 11.5. The Morgan fingerprint density at radius 3 is 2.41 bits per heavy atom. The Kier molecular flexibility index (Phi) is 8.80. The molecule has 0 bridgehead atoms. The maximum atomic E-state index is 12.9. The topological polar surface area (TPSA) is 188 Å². The van der Waals surface area contributed by atoms with Gasteiger partial charge in [-0.15, -0.1) is 0 Å². The van der Waals surface area contributed by atoms with Crippen molar-refractivity contribution in [3.8, 4) is 0 Å². The number of benzene rings is 2. The molecule has 12 nitrogen and oxygen atoms in total. The van der Waals surface area contributed by atoms with Crippen molar-refractivity contribution in [1.29, 1.82) is 0 Å². The lowest BCUT2D eigenvalue weighted by molar-refractivity contribution is -0.160. The average molecular weight is 512 g/mol. The molecule has 0 saturated carbocycles. The van der Waals surface area contributed by atoms with E-state index in [1.54, 1.807) is 18.2 Å². The zero-order valence-electron chi connectivity index (χ0n) is 20.4. The summed E-state index contributed by atoms with van der Waals surface area (Å²) in [6.45, 7) is 3.64. The number of carbonyl (C=O) groups excluding carboxylic acids is 2. The quantitative estimate of drug-likeness (QED) is 0.239. The number of carbonyl (C=O) groups is 4. The summed E-state index contributed by atoms with van der Waals surface area (Å²) in [5.74, 6) is -4.66. The molecular weight excluding hydrogens is 482 g/mol. The zero-order valence-corrected chi connectivity index (χ0v) is 20.4. The fourth-order valence-corrected chi connectivity index (χ4v) is 3.67. The molecule has 0 saturated heterocycles. The van der Waals surface area contributed by atoms with E-state index in [1.165, 1.54) is 0 Å². The lowest BCUT2D eigenvalue weighted by atomic mass is 10.0.